The van der Waals surface area contributed by atoms with Gasteiger partial charge in [-0.1, -0.05) is 12.1 Å². The molecule has 1 aliphatic carbocycles. The van der Waals surface area contributed by atoms with Crippen molar-refractivity contribution in [1.82, 2.24) is 20.2 Å². The van der Waals surface area contributed by atoms with Crippen molar-refractivity contribution >= 4 is 11.6 Å². The van der Waals surface area contributed by atoms with Crippen LogP contribution in [0.2, 0.25) is 0 Å². The lowest BCUT2D eigenvalue weighted by atomic mass is 9.90. The van der Waals surface area contributed by atoms with E-state index in [1.54, 1.807) is 20.2 Å². The number of Topliss-reactive ketones (excluding diaryl/α,β-unsaturated/α-hetero) is 1. The molecule has 1 fully saturated rings. The minimum absolute atomic E-state index is 0.0312. The lowest BCUT2D eigenvalue weighted by Gasteiger charge is -2.26. The van der Waals surface area contributed by atoms with Gasteiger partial charge in [0.1, 0.15) is 11.6 Å². The number of ketones is 1. The molecule has 0 bridgehead atoms. The van der Waals surface area contributed by atoms with Crippen LogP contribution < -0.4 is 15.4 Å². The zero-order valence-corrected chi connectivity index (χ0v) is 20.2. The van der Waals surface area contributed by atoms with Crippen LogP contribution in [0.15, 0.2) is 30.5 Å². The first-order chi connectivity index (χ1) is 16.0. The molecule has 2 aromatic rings. The van der Waals surface area contributed by atoms with Gasteiger partial charge in [0.15, 0.2) is 0 Å². The highest BCUT2D eigenvalue weighted by molar-refractivity contribution is 5.76. The second-order valence-electron chi connectivity index (χ2n) is 9.61. The third-order valence-electron chi connectivity index (χ3n) is 6.99. The van der Waals surface area contributed by atoms with Crippen LogP contribution in [0.25, 0.3) is 0 Å². The van der Waals surface area contributed by atoms with E-state index in [2.05, 4.69) is 39.7 Å². The van der Waals surface area contributed by atoms with Crippen LogP contribution in [0.4, 0.5) is 5.82 Å². The first-order valence-corrected chi connectivity index (χ1v) is 12.1. The van der Waals surface area contributed by atoms with Gasteiger partial charge >= 0.3 is 0 Å². The van der Waals surface area contributed by atoms with Gasteiger partial charge in [0.05, 0.1) is 7.11 Å². The molecule has 2 aromatic heterocycles. The van der Waals surface area contributed by atoms with Gasteiger partial charge in [-0.25, -0.2) is 9.97 Å². The number of aryl methyl sites for hydroxylation is 1. The number of ether oxygens (including phenoxy) is 1. The Hall–Kier alpha value is -2.51. The minimum atomic E-state index is -0.0312. The van der Waals surface area contributed by atoms with Crippen LogP contribution in [0.3, 0.4) is 0 Å². The number of carbonyl (C=O) groups is 1. The summed E-state index contributed by atoms with van der Waals surface area (Å²) in [6.45, 7) is 5.42. The summed E-state index contributed by atoms with van der Waals surface area (Å²) < 4.78 is 5.14. The molecule has 7 nitrogen and oxygen atoms in total. The molecule has 0 amide bonds. The summed E-state index contributed by atoms with van der Waals surface area (Å²) in [5.74, 6) is 1.87. The van der Waals surface area contributed by atoms with Gasteiger partial charge < -0.3 is 20.3 Å². The molecule has 3 heterocycles. The Labute approximate surface area is 197 Å². The molecule has 33 heavy (non-hydrogen) atoms. The van der Waals surface area contributed by atoms with E-state index < -0.39 is 0 Å². The quantitative estimate of drug-likeness (QED) is 0.511. The third kappa shape index (κ3) is 6.09. The van der Waals surface area contributed by atoms with Crippen LogP contribution in [0.1, 0.15) is 61.9 Å². The van der Waals surface area contributed by atoms with Crippen LogP contribution in [-0.2, 0) is 16.6 Å². The molecule has 2 N–H and O–H groups in total. The van der Waals surface area contributed by atoms with Gasteiger partial charge in [0.2, 0.25) is 5.88 Å². The Morgan fingerprint density at radius 3 is 2.79 bits per heavy atom. The molecule has 178 valence electrons. The van der Waals surface area contributed by atoms with Gasteiger partial charge in [0, 0.05) is 61.0 Å². The number of anilines is 1. The van der Waals surface area contributed by atoms with Gasteiger partial charge in [-0.05, 0) is 64.3 Å². The van der Waals surface area contributed by atoms with Crippen LogP contribution >= 0.6 is 0 Å². The van der Waals surface area contributed by atoms with E-state index in [1.165, 1.54) is 30.5 Å². The van der Waals surface area contributed by atoms with Gasteiger partial charge in [-0.2, -0.15) is 0 Å². The Bertz CT molecular complexity index is 942. The molecule has 0 unspecified atom stereocenters. The number of hydrogen-bond donors (Lipinski definition) is 2. The summed E-state index contributed by atoms with van der Waals surface area (Å²) in [5, 5.41) is 7.03. The van der Waals surface area contributed by atoms with E-state index in [-0.39, 0.29) is 11.8 Å². The maximum absolute atomic E-state index is 11.7. The summed E-state index contributed by atoms with van der Waals surface area (Å²) in [7, 11) is 3.75. The summed E-state index contributed by atoms with van der Waals surface area (Å²) in [5.41, 5.74) is 4.07. The van der Waals surface area contributed by atoms with E-state index >= 15 is 0 Å². The van der Waals surface area contributed by atoms with E-state index in [9.17, 15) is 4.79 Å². The van der Waals surface area contributed by atoms with E-state index in [4.69, 9.17) is 9.72 Å². The van der Waals surface area contributed by atoms with E-state index in [1.807, 2.05) is 12.1 Å². The average Bonchev–Trinajstić information content (AvgIpc) is 3.58. The second-order valence-corrected chi connectivity index (χ2v) is 9.61. The van der Waals surface area contributed by atoms with Crippen LogP contribution in [0, 0.1) is 0 Å². The van der Waals surface area contributed by atoms with E-state index in [0.717, 1.165) is 50.4 Å². The summed E-state index contributed by atoms with van der Waals surface area (Å²) >= 11 is 0. The van der Waals surface area contributed by atoms with Crippen molar-refractivity contribution < 1.29 is 9.53 Å². The number of methoxy groups -OCH3 is 1. The number of fused-ring (bicyclic) bond motifs is 2. The fourth-order valence-corrected chi connectivity index (χ4v) is 4.81. The number of rotatable bonds is 12. The second kappa shape index (κ2) is 10.6. The smallest absolute Gasteiger partial charge is 0.212 e. The number of nitrogens with one attached hydrogen (secondary N) is 2. The Balaban J connectivity index is 1.21. The first kappa shape index (κ1) is 23.6. The highest BCUT2D eigenvalue weighted by atomic mass is 16.5. The fourth-order valence-electron chi connectivity index (χ4n) is 4.81. The third-order valence-corrected chi connectivity index (χ3v) is 6.99. The predicted molar refractivity (Wildman–Crippen MR) is 131 cm³/mol. The maximum Gasteiger partial charge on any atom is 0.212 e. The molecule has 0 aromatic carbocycles. The number of hydrogen-bond acceptors (Lipinski definition) is 7. The van der Waals surface area contributed by atoms with Crippen molar-refractivity contribution in [3.05, 3.63) is 47.3 Å². The van der Waals surface area contributed by atoms with Crippen molar-refractivity contribution in [3.63, 3.8) is 0 Å². The predicted octanol–water partition coefficient (Wildman–Crippen LogP) is 3.51. The molecule has 2 aliphatic rings. The summed E-state index contributed by atoms with van der Waals surface area (Å²) in [6, 6.07) is 8.32. The van der Waals surface area contributed by atoms with Gasteiger partial charge in [-0.15, -0.1) is 0 Å². The normalized spacial score (nSPS) is 16.8. The molecule has 0 saturated heterocycles. The van der Waals surface area contributed by atoms with Crippen molar-refractivity contribution in [3.8, 4) is 5.88 Å². The van der Waals surface area contributed by atoms with Gasteiger partial charge in [-0.3, -0.25) is 4.79 Å². The van der Waals surface area contributed by atoms with Crippen molar-refractivity contribution in [1.29, 1.82) is 0 Å². The zero-order chi connectivity index (χ0) is 23.3. The number of carbonyl (C=O) groups excluding carboxylic acids is 1. The van der Waals surface area contributed by atoms with E-state index in [0.29, 0.717) is 17.7 Å². The number of pyridine rings is 2. The van der Waals surface area contributed by atoms with Crippen molar-refractivity contribution in [2.75, 3.05) is 45.7 Å². The Morgan fingerprint density at radius 2 is 2.09 bits per heavy atom. The standard InChI is InChI=1S/C26H37N5O2/c1-19(32)17-23(20-6-9-24(33-3)29-18-20)27-14-16-31(2)15-4-5-21-7-8-22-25(30-21)28-13-12-26(22)10-11-26/h6-9,18,23,27H,4-5,10-17H2,1-3H3,(H,28,30)/t23-/m0/s1. The highest BCUT2D eigenvalue weighted by Crippen LogP contribution is 2.54. The van der Waals surface area contributed by atoms with Crippen LogP contribution in [0.5, 0.6) is 5.88 Å². The molecule has 7 heteroatoms. The average molecular weight is 452 g/mol. The van der Waals surface area contributed by atoms with Crippen molar-refractivity contribution in [2.24, 2.45) is 0 Å². The topological polar surface area (TPSA) is 79.4 Å². The monoisotopic (exact) mass is 451 g/mol. The highest BCUT2D eigenvalue weighted by Gasteiger charge is 2.47. The number of nitrogens with zero attached hydrogens (tertiary/aromatic N) is 3. The summed E-state index contributed by atoms with van der Waals surface area (Å²) in [4.78, 5) is 23.3. The lowest BCUT2D eigenvalue weighted by Crippen LogP contribution is -2.33. The Kier molecular flexibility index (Phi) is 7.60. The molecule has 0 radical (unpaired) electrons. The first-order valence-electron chi connectivity index (χ1n) is 12.1. The van der Waals surface area contributed by atoms with Crippen molar-refractivity contribution in [2.45, 2.75) is 56.9 Å². The zero-order valence-electron chi connectivity index (χ0n) is 20.2. The maximum atomic E-state index is 11.7. The number of aromatic nitrogens is 2. The molecule has 1 atom stereocenters. The molecular formula is C26H37N5O2. The fraction of sp³-hybridized carbons (Fsp3) is 0.577. The Morgan fingerprint density at radius 1 is 1.24 bits per heavy atom. The SMILES string of the molecule is COc1ccc([C@H](CC(C)=O)NCCN(C)CCCc2ccc3c(n2)NCCC32CC2)cn1. The minimum Gasteiger partial charge on any atom is -0.481 e. The molecule has 1 saturated carbocycles. The molecule has 1 aliphatic heterocycles. The van der Waals surface area contributed by atoms with Gasteiger partial charge in [0.25, 0.3) is 0 Å². The lowest BCUT2D eigenvalue weighted by molar-refractivity contribution is -0.117. The summed E-state index contributed by atoms with van der Waals surface area (Å²) in [6.07, 6.45) is 8.21. The van der Waals surface area contributed by atoms with Crippen LogP contribution in [-0.4, -0.2) is 61.0 Å². The molecule has 4 rings (SSSR count). The molecular weight excluding hydrogens is 414 g/mol. The molecule has 1 spiro atoms. The largest absolute Gasteiger partial charge is 0.481 e. The number of likely N-dealkylation sites (N-methyl/N-ethyl adjacent to an activating group) is 1.